The lowest BCUT2D eigenvalue weighted by Gasteiger charge is -2.47. The van der Waals surface area contributed by atoms with Gasteiger partial charge in [-0.25, -0.2) is 4.79 Å². The van der Waals surface area contributed by atoms with Crippen LogP contribution in [0.5, 0.6) is 5.75 Å². The van der Waals surface area contributed by atoms with Crippen molar-refractivity contribution in [1.29, 1.82) is 0 Å². The van der Waals surface area contributed by atoms with Crippen LogP contribution in [0.2, 0.25) is 0 Å². The van der Waals surface area contributed by atoms with Gasteiger partial charge in [0.25, 0.3) is 0 Å². The molecule has 0 spiro atoms. The number of fused-ring (bicyclic) bond motifs is 3. The molecule has 1 aromatic carbocycles. The van der Waals surface area contributed by atoms with E-state index in [4.69, 9.17) is 14.6 Å². The van der Waals surface area contributed by atoms with Crippen LogP contribution in [-0.2, 0) is 9.53 Å². The Bertz CT molecular complexity index is 666. The minimum atomic E-state index is -0.954. The number of carboxylic acid groups (broad SMARTS) is 1. The van der Waals surface area contributed by atoms with Crippen molar-refractivity contribution >= 4 is 5.97 Å². The Labute approximate surface area is 148 Å². The highest BCUT2D eigenvalue weighted by molar-refractivity contribution is 5.68. The normalized spacial score (nSPS) is 31.4. The van der Waals surface area contributed by atoms with Gasteiger partial charge in [0.15, 0.2) is 6.61 Å². The lowest BCUT2D eigenvalue weighted by molar-refractivity contribution is -0.139. The highest BCUT2D eigenvalue weighted by atomic mass is 16.5. The highest BCUT2D eigenvalue weighted by Gasteiger charge is 2.44. The van der Waals surface area contributed by atoms with Crippen LogP contribution in [-0.4, -0.2) is 23.8 Å². The molecule has 1 saturated carbocycles. The van der Waals surface area contributed by atoms with E-state index in [1.165, 1.54) is 32.1 Å². The second kappa shape index (κ2) is 7.20. The summed E-state index contributed by atoms with van der Waals surface area (Å²) in [7, 11) is 0. The van der Waals surface area contributed by atoms with Crippen molar-refractivity contribution in [3.8, 4) is 5.75 Å². The molecule has 1 saturated heterocycles. The summed E-state index contributed by atoms with van der Waals surface area (Å²) in [6.07, 6.45) is 11.2. The molecule has 134 valence electrons. The molecule has 0 bridgehead atoms. The molecule has 0 aromatic heterocycles. The van der Waals surface area contributed by atoms with Crippen molar-refractivity contribution in [2.75, 3.05) is 6.61 Å². The van der Waals surface area contributed by atoms with Crippen LogP contribution in [0, 0.1) is 11.8 Å². The molecule has 4 heteroatoms. The third-order valence-corrected chi connectivity index (χ3v) is 5.92. The molecule has 4 atom stereocenters. The summed E-state index contributed by atoms with van der Waals surface area (Å²) in [5.74, 6) is 0.684. The van der Waals surface area contributed by atoms with E-state index in [9.17, 15) is 4.79 Å². The van der Waals surface area contributed by atoms with Crippen LogP contribution in [0.4, 0.5) is 0 Å². The fourth-order valence-electron chi connectivity index (χ4n) is 4.88. The lowest BCUT2D eigenvalue weighted by atomic mass is 9.68. The van der Waals surface area contributed by atoms with E-state index in [1.807, 2.05) is 24.3 Å². The largest absolute Gasteiger partial charge is 0.482 e. The van der Waals surface area contributed by atoms with Gasteiger partial charge in [0, 0.05) is 17.4 Å². The molecule has 4 rings (SSSR count). The van der Waals surface area contributed by atoms with Gasteiger partial charge >= 0.3 is 5.97 Å². The predicted molar refractivity (Wildman–Crippen MR) is 94.6 cm³/mol. The Balaban J connectivity index is 1.66. The van der Waals surface area contributed by atoms with E-state index in [1.54, 1.807) is 5.57 Å². The molecule has 0 unspecified atom stereocenters. The Morgan fingerprint density at radius 3 is 2.80 bits per heavy atom. The number of hydrogen-bond donors (Lipinski definition) is 1. The maximum Gasteiger partial charge on any atom is 0.341 e. The quantitative estimate of drug-likeness (QED) is 0.818. The Morgan fingerprint density at radius 2 is 1.92 bits per heavy atom. The summed E-state index contributed by atoms with van der Waals surface area (Å²) in [4.78, 5) is 10.9. The van der Waals surface area contributed by atoms with Crippen molar-refractivity contribution in [2.45, 2.75) is 57.2 Å². The molecule has 1 aliphatic heterocycles. The molecule has 2 aliphatic carbocycles. The minimum Gasteiger partial charge on any atom is -0.482 e. The van der Waals surface area contributed by atoms with Gasteiger partial charge in [-0.3, -0.25) is 0 Å². The molecule has 1 aromatic rings. The molecule has 1 N–H and O–H groups in total. The van der Waals surface area contributed by atoms with Crippen LogP contribution >= 0.6 is 0 Å². The summed E-state index contributed by atoms with van der Waals surface area (Å²) in [6.45, 7) is -0.316. The average molecular weight is 342 g/mol. The van der Waals surface area contributed by atoms with Crippen molar-refractivity contribution in [3.05, 3.63) is 41.5 Å². The first kappa shape index (κ1) is 16.6. The molecule has 25 heavy (non-hydrogen) atoms. The van der Waals surface area contributed by atoms with Gasteiger partial charge in [0.05, 0.1) is 12.2 Å². The predicted octanol–water partition coefficient (Wildman–Crippen LogP) is 4.51. The molecule has 2 fully saturated rings. The van der Waals surface area contributed by atoms with E-state index in [0.29, 0.717) is 23.7 Å². The number of carboxylic acids is 1. The first-order valence-electron chi connectivity index (χ1n) is 9.53. The number of ether oxygens (including phenoxy) is 2. The standard InChI is InChI=1S/C21H26O4/c22-20(23)13-24-18-11-5-4-10-17(18)21-16-9-2-1-7-14(16)15-8-3-6-12-19(15)25-21/h4-5,7,10-11,15-16,19,21H,1-3,6,8-9,12-13H2,(H,22,23)/t15-,16+,19-,21-/m0/s1. The minimum absolute atomic E-state index is 0.0177. The van der Waals surface area contributed by atoms with Gasteiger partial charge < -0.3 is 14.6 Å². The summed E-state index contributed by atoms with van der Waals surface area (Å²) in [5.41, 5.74) is 2.60. The zero-order valence-electron chi connectivity index (χ0n) is 14.5. The van der Waals surface area contributed by atoms with E-state index < -0.39 is 5.97 Å². The summed E-state index contributed by atoms with van der Waals surface area (Å²) in [5, 5.41) is 8.95. The lowest BCUT2D eigenvalue weighted by Crippen LogP contribution is -2.41. The van der Waals surface area contributed by atoms with Crippen LogP contribution in [0.1, 0.15) is 56.6 Å². The van der Waals surface area contributed by atoms with Crippen LogP contribution < -0.4 is 4.74 Å². The number of para-hydroxylation sites is 1. The zero-order chi connectivity index (χ0) is 17.2. The maximum atomic E-state index is 10.9. The molecule has 0 amide bonds. The highest BCUT2D eigenvalue weighted by Crippen LogP contribution is 2.52. The monoisotopic (exact) mass is 342 g/mol. The van der Waals surface area contributed by atoms with Gasteiger partial charge in [-0.2, -0.15) is 0 Å². The van der Waals surface area contributed by atoms with Crippen molar-refractivity contribution in [3.63, 3.8) is 0 Å². The fraction of sp³-hybridized carbons (Fsp3) is 0.571. The molecular weight excluding hydrogens is 316 g/mol. The van der Waals surface area contributed by atoms with Gasteiger partial charge in [-0.1, -0.05) is 42.7 Å². The van der Waals surface area contributed by atoms with Crippen molar-refractivity contribution < 1.29 is 19.4 Å². The van der Waals surface area contributed by atoms with Crippen LogP contribution in [0.3, 0.4) is 0 Å². The summed E-state index contributed by atoms with van der Waals surface area (Å²) >= 11 is 0. The number of hydrogen-bond acceptors (Lipinski definition) is 3. The Morgan fingerprint density at radius 1 is 1.12 bits per heavy atom. The van der Waals surface area contributed by atoms with Gasteiger partial charge in [-0.15, -0.1) is 0 Å². The number of aliphatic carboxylic acids is 1. The fourth-order valence-corrected chi connectivity index (χ4v) is 4.88. The maximum absolute atomic E-state index is 10.9. The first-order valence-corrected chi connectivity index (χ1v) is 9.53. The summed E-state index contributed by atoms with van der Waals surface area (Å²) < 4.78 is 12.2. The first-order chi connectivity index (χ1) is 12.2. The molecule has 4 nitrogen and oxygen atoms in total. The number of allylic oxidation sites excluding steroid dienone is 1. The van der Waals surface area contributed by atoms with Crippen LogP contribution in [0.25, 0.3) is 0 Å². The smallest absolute Gasteiger partial charge is 0.341 e. The van der Waals surface area contributed by atoms with E-state index in [-0.39, 0.29) is 12.7 Å². The molecule has 0 radical (unpaired) electrons. The second-order valence-electron chi connectivity index (χ2n) is 7.45. The summed E-state index contributed by atoms with van der Waals surface area (Å²) in [6, 6.07) is 7.79. The molecule has 3 aliphatic rings. The Kier molecular flexibility index (Phi) is 4.80. The van der Waals surface area contributed by atoms with Crippen molar-refractivity contribution in [2.24, 2.45) is 11.8 Å². The SMILES string of the molecule is O=C(O)COc1ccccc1[C@H]1O[C@H]2CCCC[C@H]2C2=CCCC[C@H]21. The van der Waals surface area contributed by atoms with Gasteiger partial charge in [-0.05, 0) is 38.2 Å². The number of rotatable bonds is 4. The topological polar surface area (TPSA) is 55.8 Å². The van der Waals surface area contributed by atoms with E-state index >= 15 is 0 Å². The van der Waals surface area contributed by atoms with Crippen molar-refractivity contribution in [1.82, 2.24) is 0 Å². The third kappa shape index (κ3) is 3.32. The average Bonchev–Trinajstić information content (AvgIpc) is 2.66. The Hall–Kier alpha value is -1.81. The zero-order valence-corrected chi connectivity index (χ0v) is 14.5. The van der Waals surface area contributed by atoms with Gasteiger partial charge in [0.2, 0.25) is 0 Å². The van der Waals surface area contributed by atoms with Gasteiger partial charge in [0.1, 0.15) is 5.75 Å². The number of carbonyl (C=O) groups is 1. The van der Waals surface area contributed by atoms with E-state index in [2.05, 4.69) is 6.08 Å². The number of benzene rings is 1. The van der Waals surface area contributed by atoms with E-state index in [0.717, 1.165) is 18.4 Å². The molecular formula is C21H26O4. The molecule has 1 heterocycles. The van der Waals surface area contributed by atoms with Crippen LogP contribution in [0.15, 0.2) is 35.9 Å². The second-order valence-corrected chi connectivity index (χ2v) is 7.45. The third-order valence-electron chi connectivity index (χ3n) is 5.92.